The average molecular weight is 293 g/mol. The Kier molecular flexibility index (Phi) is 4.02. The molecule has 0 aromatic heterocycles. The molecule has 21 heavy (non-hydrogen) atoms. The van der Waals surface area contributed by atoms with Crippen LogP contribution in [0, 0.1) is 21.7 Å². The van der Waals surface area contributed by atoms with Crippen molar-refractivity contribution in [3.05, 3.63) is 63.7 Å². The van der Waals surface area contributed by atoms with Crippen LogP contribution in [0.2, 0.25) is 0 Å². The van der Waals surface area contributed by atoms with E-state index in [1.807, 2.05) is 0 Å². The summed E-state index contributed by atoms with van der Waals surface area (Å²) in [6.07, 6.45) is 0. The first kappa shape index (κ1) is 14.7. The molecule has 5 nitrogen and oxygen atoms in total. The van der Waals surface area contributed by atoms with E-state index in [9.17, 15) is 18.9 Å². The number of nitrogens with zero attached hydrogens (tertiary/aromatic N) is 1. The highest BCUT2D eigenvalue weighted by molar-refractivity contribution is 5.53. The summed E-state index contributed by atoms with van der Waals surface area (Å²) >= 11 is 0. The van der Waals surface area contributed by atoms with Crippen molar-refractivity contribution in [2.75, 3.05) is 11.1 Å². The summed E-state index contributed by atoms with van der Waals surface area (Å²) in [6.45, 7) is 1.71. The van der Waals surface area contributed by atoms with E-state index in [4.69, 9.17) is 5.73 Å². The Morgan fingerprint density at radius 3 is 2.19 bits per heavy atom. The number of nitro benzene ring substituents is 1. The van der Waals surface area contributed by atoms with Gasteiger partial charge in [-0.05, 0) is 24.6 Å². The predicted octanol–water partition coefficient (Wildman–Crippen LogP) is 3.63. The number of nitro groups is 1. The number of nitrogens with one attached hydrogen (secondary N) is 1. The molecule has 0 aliphatic carbocycles. The third-order valence-electron chi connectivity index (χ3n) is 3.03. The Morgan fingerprint density at radius 2 is 1.71 bits per heavy atom. The fraction of sp³-hybridized carbons (Fsp3) is 0.143. The van der Waals surface area contributed by atoms with Crippen molar-refractivity contribution < 1.29 is 13.7 Å². The van der Waals surface area contributed by atoms with Gasteiger partial charge in [-0.25, -0.2) is 8.78 Å². The largest absolute Gasteiger partial charge is 0.399 e. The Labute approximate surface area is 119 Å². The zero-order chi connectivity index (χ0) is 15.6. The second-order valence-electron chi connectivity index (χ2n) is 4.57. The number of benzene rings is 2. The summed E-state index contributed by atoms with van der Waals surface area (Å²) < 4.78 is 27.6. The van der Waals surface area contributed by atoms with Gasteiger partial charge < -0.3 is 11.1 Å². The molecule has 0 aliphatic heterocycles. The smallest absolute Gasteiger partial charge is 0.275 e. The van der Waals surface area contributed by atoms with Crippen LogP contribution in [0.4, 0.5) is 25.8 Å². The number of rotatable bonds is 4. The Hall–Kier alpha value is -2.70. The van der Waals surface area contributed by atoms with Crippen LogP contribution in [0.15, 0.2) is 36.4 Å². The van der Waals surface area contributed by atoms with Gasteiger partial charge in [0.25, 0.3) is 5.69 Å². The Balaban J connectivity index is 2.27. The number of hydrogen-bond acceptors (Lipinski definition) is 4. The molecule has 1 unspecified atom stereocenters. The van der Waals surface area contributed by atoms with Gasteiger partial charge in [0.15, 0.2) is 11.6 Å². The fourth-order valence-electron chi connectivity index (χ4n) is 1.89. The van der Waals surface area contributed by atoms with Gasteiger partial charge in [0.05, 0.1) is 17.1 Å². The molecule has 0 bridgehead atoms. The van der Waals surface area contributed by atoms with Gasteiger partial charge in [-0.1, -0.05) is 12.1 Å². The number of non-ortho nitro benzene ring substituents is 1. The van der Waals surface area contributed by atoms with Gasteiger partial charge in [0.1, 0.15) is 5.69 Å². The number of hydrogen-bond donors (Lipinski definition) is 2. The summed E-state index contributed by atoms with van der Waals surface area (Å²) in [7, 11) is 0. The average Bonchev–Trinajstić information content (AvgIpc) is 2.43. The fourth-order valence-corrected chi connectivity index (χ4v) is 1.89. The molecule has 2 aromatic rings. The van der Waals surface area contributed by atoms with Gasteiger partial charge in [0.2, 0.25) is 0 Å². The highest BCUT2D eigenvalue weighted by Crippen LogP contribution is 2.28. The zero-order valence-electron chi connectivity index (χ0n) is 11.1. The van der Waals surface area contributed by atoms with Crippen molar-refractivity contribution in [3.8, 4) is 0 Å². The van der Waals surface area contributed by atoms with Crippen LogP contribution in [-0.4, -0.2) is 4.92 Å². The molecule has 0 amide bonds. The summed E-state index contributed by atoms with van der Waals surface area (Å²) in [6, 6.07) is 7.78. The number of halogens is 2. The van der Waals surface area contributed by atoms with E-state index in [1.165, 1.54) is 0 Å². The molecular formula is C14H13F2N3O2. The molecule has 0 aliphatic rings. The second-order valence-corrected chi connectivity index (χ2v) is 4.57. The monoisotopic (exact) mass is 293 g/mol. The number of nitrogens with two attached hydrogens (primary N) is 1. The lowest BCUT2D eigenvalue weighted by molar-refractivity contribution is -0.385. The minimum absolute atomic E-state index is 0.393. The van der Waals surface area contributed by atoms with Crippen molar-refractivity contribution in [3.63, 3.8) is 0 Å². The molecule has 0 saturated carbocycles. The molecule has 0 radical (unpaired) electrons. The van der Waals surface area contributed by atoms with Gasteiger partial charge >= 0.3 is 0 Å². The molecule has 0 spiro atoms. The highest BCUT2D eigenvalue weighted by Gasteiger charge is 2.18. The maximum Gasteiger partial charge on any atom is 0.275 e. The molecule has 7 heteroatoms. The zero-order valence-corrected chi connectivity index (χ0v) is 11.1. The van der Waals surface area contributed by atoms with E-state index in [-0.39, 0.29) is 0 Å². The summed E-state index contributed by atoms with van der Waals surface area (Å²) in [5.41, 5.74) is 5.90. The van der Waals surface area contributed by atoms with Crippen LogP contribution >= 0.6 is 0 Å². The number of anilines is 2. The van der Waals surface area contributed by atoms with Crippen LogP contribution in [0.3, 0.4) is 0 Å². The molecule has 110 valence electrons. The number of nitrogen functional groups attached to an aromatic ring is 1. The lowest BCUT2D eigenvalue weighted by Gasteiger charge is -2.17. The van der Waals surface area contributed by atoms with Crippen LogP contribution in [0.25, 0.3) is 0 Å². The second kappa shape index (κ2) is 5.74. The molecule has 0 heterocycles. The van der Waals surface area contributed by atoms with Crippen molar-refractivity contribution in [1.29, 1.82) is 0 Å². The minimum Gasteiger partial charge on any atom is -0.399 e. The molecular weight excluding hydrogens is 280 g/mol. The molecule has 2 rings (SSSR count). The van der Waals surface area contributed by atoms with E-state index in [2.05, 4.69) is 5.32 Å². The van der Waals surface area contributed by atoms with E-state index in [1.54, 1.807) is 31.2 Å². The normalized spacial score (nSPS) is 12.0. The van der Waals surface area contributed by atoms with E-state index < -0.39 is 34.0 Å². The first-order chi connectivity index (χ1) is 9.88. The maximum atomic E-state index is 13.8. The third kappa shape index (κ3) is 3.25. The van der Waals surface area contributed by atoms with Gasteiger partial charge in [0, 0.05) is 11.7 Å². The third-order valence-corrected chi connectivity index (χ3v) is 3.03. The van der Waals surface area contributed by atoms with Crippen LogP contribution in [0.5, 0.6) is 0 Å². The summed E-state index contributed by atoms with van der Waals surface area (Å²) in [5, 5.41) is 13.2. The SMILES string of the molecule is CC(Nc1c(F)cc([N+](=O)[O-])cc1F)c1ccc(N)cc1. The summed E-state index contributed by atoms with van der Waals surface area (Å²) in [4.78, 5) is 9.68. The predicted molar refractivity (Wildman–Crippen MR) is 75.9 cm³/mol. The van der Waals surface area contributed by atoms with Crippen molar-refractivity contribution in [1.82, 2.24) is 0 Å². The van der Waals surface area contributed by atoms with Crippen LogP contribution < -0.4 is 11.1 Å². The van der Waals surface area contributed by atoms with Gasteiger partial charge in [-0.15, -0.1) is 0 Å². The topological polar surface area (TPSA) is 81.2 Å². The minimum atomic E-state index is -1.01. The quantitative estimate of drug-likeness (QED) is 0.512. The molecule has 2 aromatic carbocycles. The molecule has 0 saturated heterocycles. The van der Waals surface area contributed by atoms with Gasteiger partial charge in [-0.3, -0.25) is 10.1 Å². The van der Waals surface area contributed by atoms with Crippen molar-refractivity contribution >= 4 is 17.1 Å². The van der Waals surface area contributed by atoms with Crippen LogP contribution in [0.1, 0.15) is 18.5 Å². The standard InChI is InChI=1S/C14H13F2N3O2/c1-8(9-2-4-10(17)5-3-9)18-14-12(15)6-11(19(20)21)7-13(14)16/h2-8,18H,17H2,1H3. The first-order valence-corrected chi connectivity index (χ1v) is 6.14. The lowest BCUT2D eigenvalue weighted by atomic mass is 10.1. The van der Waals surface area contributed by atoms with Crippen molar-refractivity contribution in [2.45, 2.75) is 13.0 Å². The van der Waals surface area contributed by atoms with Crippen molar-refractivity contribution in [2.24, 2.45) is 0 Å². The molecule has 3 N–H and O–H groups in total. The Morgan fingerprint density at radius 1 is 1.19 bits per heavy atom. The Bertz CT molecular complexity index is 651. The molecule has 1 atom stereocenters. The maximum absolute atomic E-state index is 13.8. The van der Waals surface area contributed by atoms with E-state index >= 15 is 0 Å². The summed E-state index contributed by atoms with van der Waals surface area (Å²) in [5.74, 6) is -2.02. The van der Waals surface area contributed by atoms with E-state index in [0.717, 1.165) is 5.56 Å². The van der Waals surface area contributed by atoms with Crippen LogP contribution in [-0.2, 0) is 0 Å². The molecule has 0 fully saturated rings. The van der Waals surface area contributed by atoms with Gasteiger partial charge in [-0.2, -0.15) is 0 Å². The van der Waals surface area contributed by atoms with E-state index in [0.29, 0.717) is 17.8 Å². The first-order valence-electron chi connectivity index (χ1n) is 6.14. The highest BCUT2D eigenvalue weighted by atomic mass is 19.1. The lowest BCUT2D eigenvalue weighted by Crippen LogP contribution is -2.10.